The molecule has 3 nitrogen and oxygen atoms in total. The molecule has 0 unspecified atom stereocenters. The Morgan fingerprint density at radius 2 is 2.00 bits per heavy atom. The molecule has 96 valence electrons. The molecular formula is C14H17NO2S. The zero-order valence-electron chi connectivity index (χ0n) is 10.8. The fourth-order valence-electron chi connectivity index (χ4n) is 1.72. The number of hydrogen-bond donors (Lipinski definition) is 1. The van der Waals surface area contributed by atoms with Crippen molar-refractivity contribution in [3.63, 3.8) is 0 Å². The van der Waals surface area contributed by atoms with Crippen LogP contribution in [0, 0.1) is 6.92 Å². The quantitative estimate of drug-likeness (QED) is 0.827. The van der Waals surface area contributed by atoms with Crippen molar-refractivity contribution in [3.8, 4) is 0 Å². The lowest BCUT2D eigenvalue weighted by Gasteiger charge is -2.28. The van der Waals surface area contributed by atoms with E-state index in [1.807, 2.05) is 45.0 Å². The van der Waals surface area contributed by atoms with E-state index >= 15 is 0 Å². The zero-order chi connectivity index (χ0) is 13.2. The first-order chi connectivity index (χ1) is 8.46. The number of benzene rings is 1. The third-order valence-corrected chi connectivity index (χ3v) is 3.61. The van der Waals surface area contributed by atoms with Gasteiger partial charge in [0.2, 0.25) is 0 Å². The van der Waals surface area contributed by atoms with Crippen molar-refractivity contribution >= 4 is 23.6 Å². The number of carbonyl (C=O) groups excluding carboxylic acids is 1. The van der Waals surface area contributed by atoms with Crippen LogP contribution in [-0.2, 0) is 8.98 Å². The normalized spacial score (nSPS) is 18.1. The summed E-state index contributed by atoms with van der Waals surface area (Å²) >= 11 is 1.23. The summed E-state index contributed by atoms with van der Waals surface area (Å²) in [5.74, 6) is -0.0530. The largest absolute Gasteiger partial charge is 0.322 e. The first-order valence-corrected chi connectivity index (χ1v) is 6.68. The molecule has 0 aromatic heterocycles. The standard InChI is InChI=1S/C14H17NO2S/c1-10-4-6-12(7-5-10)15-13(16)11-8-14(2,3)17-18-9-11/h4-7,9H,8H2,1-3H3,(H,15,16). The van der Waals surface area contributed by atoms with Gasteiger partial charge in [0.05, 0.1) is 5.60 Å². The highest BCUT2D eigenvalue weighted by atomic mass is 32.2. The van der Waals surface area contributed by atoms with E-state index in [2.05, 4.69) is 5.32 Å². The van der Waals surface area contributed by atoms with E-state index < -0.39 is 0 Å². The maximum Gasteiger partial charge on any atom is 0.252 e. The van der Waals surface area contributed by atoms with E-state index in [0.29, 0.717) is 6.42 Å². The maximum atomic E-state index is 12.1. The van der Waals surface area contributed by atoms with Crippen molar-refractivity contribution in [1.82, 2.24) is 0 Å². The van der Waals surface area contributed by atoms with Gasteiger partial charge in [-0.25, -0.2) is 0 Å². The van der Waals surface area contributed by atoms with Crippen molar-refractivity contribution in [3.05, 3.63) is 40.8 Å². The van der Waals surface area contributed by atoms with Crippen LogP contribution in [0.2, 0.25) is 0 Å². The molecule has 2 rings (SSSR count). The highest BCUT2D eigenvalue weighted by molar-refractivity contribution is 7.97. The second-order valence-corrected chi connectivity index (χ2v) is 5.67. The van der Waals surface area contributed by atoms with E-state index in [4.69, 9.17) is 4.18 Å². The van der Waals surface area contributed by atoms with Gasteiger partial charge in [-0.1, -0.05) is 17.7 Å². The van der Waals surface area contributed by atoms with Crippen LogP contribution >= 0.6 is 12.0 Å². The van der Waals surface area contributed by atoms with Gasteiger partial charge in [0.25, 0.3) is 5.91 Å². The molecule has 1 amide bonds. The molecule has 1 aromatic rings. The molecule has 1 aromatic carbocycles. The Labute approximate surface area is 112 Å². The number of amides is 1. The van der Waals surface area contributed by atoms with Gasteiger partial charge in [0.15, 0.2) is 0 Å². The molecule has 0 fully saturated rings. The highest BCUT2D eigenvalue weighted by Crippen LogP contribution is 2.33. The predicted molar refractivity (Wildman–Crippen MR) is 75.3 cm³/mol. The molecule has 1 aliphatic heterocycles. The summed E-state index contributed by atoms with van der Waals surface area (Å²) in [4.78, 5) is 12.1. The van der Waals surface area contributed by atoms with Gasteiger partial charge < -0.3 is 9.50 Å². The smallest absolute Gasteiger partial charge is 0.252 e. The van der Waals surface area contributed by atoms with Gasteiger partial charge in [0, 0.05) is 35.1 Å². The second kappa shape index (κ2) is 5.16. The number of carbonyl (C=O) groups is 1. The van der Waals surface area contributed by atoms with Crippen molar-refractivity contribution in [1.29, 1.82) is 0 Å². The number of hydrogen-bond acceptors (Lipinski definition) is 3. The highest BCUT2D eigenvalue weighted by Gasteiger charge is 2.28. The third-order valence-electron chi connectivity index (χ3n) is 2.68. The number of aryl methyl sites for hydroxylation is 1. The molecule has 0 bridgehead atoms. The van der Waals surface area contributed by atoms with E-state index in [1.54, 1.807) is 5.41 Å². The average Bonchev–Trinajstić information content (AvgIpc) is 2.31. The van der Waals surface area contributed by atoms with Crippen molar-refractivity contribution in [2.45, 2.75) is 32.8 Å². The number of anilines is 1. The van der Waals surface area contributed by atoms with E-state index in [1.165, 1.54) is 17.6 Å². The molecule has 1 heterocycles. The summed E-state index contributed by atoms with van der Waals surface area (Å²) in [5, 5.41) is 4.67. The molecule has 0 saturated carbocycles. The van der Waals surface area contributed by atoms with E-state index in [-0.39, 0.29) is 11.5 Å². The lowest BCUT2D eigenvalue weighted by Crippen LogP contribution is -2.28. The van der Waals surface area contributed by atoms with E-state index in [0.717, 1.165) is 11.3 Å². The van der Waals surface area contributed by atoms with Crippen LogP contribution in [0.15, 0.2) is 35.2 Å². The fourth-order valence-corrected chi connectivity index (χ4v) is 2.40. The summed E-state index contributed by atoms with van der Waals surface area (Å²) in [5.41, 5.74) is 2.46. The van der Waals surface area contributed by atoms with Crippen LogP contribution in [0.3, 0.4) is 0 Å². The zero-order valence-corrected chi connectivity index (χ0v) is 11.6. The maximum absolute atomic E-state index is 12.1. The molecule has 4 heteroatoms. The van der Waals surface area contributed by atoms with Gasteiger partial charge in [-0.2, -0.15) is 0 Å². The molecule has 1 aliphatic rings. The summed E-state index contributed by atoms with van der Waals surface area (Å²) < 4.78 is 5.47. The summed E-state index contributed by atoms with van der Waals surface area (Å²) in [7, 11) is 0. The van der Waals surface area contributed by atoms with Crippen LogP contribution in [-0.4, -0.2) is 11.5 Å². The summed E-state index contributed by atoms with van der Waals surface area (Å²) in [6.07, 6.45) is 0.623. The topological polar surface area (TPSA) is 38.3 Å². The van der Waals surface area contributed by atoms with E-state index in [9.17, 15) is 4.79 Å². The Morgan fingerprint density at radius 1 is 1.33 bits per heavy atom. The Hall–Kier alpha value is -1.26. The lowest BCUT2D eigenvalue weighted by atomic mass is 9.99. The van der Waals surface area contributed by atoms with Gasteiger partial charge >= 0.3 is 0 Å². The van der Waals surface area contributed by atoms with Crippen LogP contribution in [0.1, 0.15) is 25.8 Å². The Bertz CT molecular complexity index is 477. The lowest BCUT2D eigenvalue weighted by molar-refractivity contribution is -0.113. The molecule has 0 atom stereocenters. The van der Waals surface area contributed by atoms with Gasteiger partial charge in [-0.15, -0.1) is 0 Å². The van der Waals surface area contributed by atoms with Crippen LogP contribution in [0.25, 0.3) is 0 Å². The Kier molecular flexibility index (Phi) is 3.78. The summed E-state index contributed by atoms with van der Waals surface area (Å²) in [6, 6.07) is 7.77. The molecule has 0 spiro atoms. The SMILES string of the molecule is Cc1ccc(NC(=O)C2=CSOC(C)(C)C2)cc1. The van der Waals surface area contributed by atoms with Crippen molar-refractivity contribution in [2.24, 2.45) is 0 Å². The molecule has 0 radical (unpaired) electrons. The van der Waals surface area contributed by atoms with Gasteiger partial charge in [0.1, 0.15) is 0 Å². The van der Waals surface area contributed by atoms with Crippen molar-refractivity contribution < 1.29 is 8.98 Å². The van der Waals surface area contributed by atoms with Crippen LogP contribution < -0.4 is 5.32 Å². The average molecular weight is 263 g/mol. The van der Waals surface area contributed by atoms with Gasteiger partial charge in [-0.05, 0) is 32.9 Å². The van der Waals surface area contributed by atoms with Crippen LogP contribution in [0.4, 0.5) is 5.69 Å². The molecular weight excluding hydrogens is 246 g/mol. The molecule has 0 saturated heterocycles. The predicted octanol–water partition coefficient (Wildman–Crippen LogP) is 3.66. The van der Waals surface area contributed by atoms with Crippen LogP contribution in [0.5, 0.6) is 0 Å². The second-order valence-electron chi connectivity index (χ2n) is 5.08. The Balaban J connectivity index is 2.04. The third kappa shape index (κ3) is 3.37. The monoisotopic (exact) mass is 263 g/mol. The number of rotatable bonds is 2. The molecule has 1 N–H and O–H groups in total. The minimum Gasteiger partial charge on any atom is -0.322 e. The first-order valence-electron chi connectivity index (χ1n) is 5.88. The molecule has 18 heavy (non-hydrogen) atoms. The summed E-state index contributed by atoms with van der Waals surface area (Å²) in [6.45, 7) is 5.98. The van der Waals surface area contributed by atoms with Crippen molar-refractivity contribution in [2.75, 3.05) is 5.32 Å². The fraction of sp³-hybridized carbons (Fsp3) is 0.357. The first kappa shape index (κ1) is 13.2. The number of nitrogens with one attached hydrogen (secondary N) is 1. The minimum absolute atomic E-state index is 0.0530. The van der Waals surface area contributed by atoms with Gasteiger partial charge in [-0.3, -0.25) is 4.79 Å². The minimum atomic E-state index is -0.292. The Morgan fingerprint density at radius 3 is 2.61 bits per heavy atom. The molecule has 0 aliphatic carbocycles.